The van der Waals surface area contributed by atoms with Gasteiger partial charge in [0.15, 0.2) is 0 Å². The van der Waals surface area contributed by atoms with Crippen LogP contribution in [0.4, 0.5) is 0 Å². The SMILES string of the molecule is Cn1cc(S(=O)(=O)N2CCOCC2CO)cn1. The Kier molecular flexibility index (Phi) is 3.48. The van der Waals surface area contributed by atoms with Crippen LogP contribution < -0.4 is 0 Å². The van der Waals surface area contributed by atoms with Crippen molar-refractivity contribution in [2.75, 3.05) is 26.4 Å². The van der Waals surface area contributed by atoms with E-state index in [-0.39, 0.29) is 24.7 Å². The molecule has 0 aliphatic carbocycles. The Labute approximate surface area is 99.7 Å². The summed E-state index contributed by atoms with van der Waals surface area (Å²) in [6, 6.07) is -0.519. The van der Waals surface area contributed by atoms with E-state index in [4.69, 9.17) is 9.84 Å². The number of aliphatic hydroxyl groups is 1. The predicted octanol–water partition coefficient (Wildman–Crippen LogP) is -1.20. The lowest BCUT2D eigenvalue weighted by atomic mass is 10.3. The van der Waals surface area contributed by atoms with E-state index in [0.717, 1.165) is 0 Å². The first kappa shape index (κ1) is 12.5. The molecular formula is C9H15N3O4S. The molecule has 1 N–H and O–H groups in total. The second kappa shape index (κ2) is 4.73. The van der Waals surface area contributed by atoms with Crippen LogP contribution in [0.1, 0.15) is 0 Å². The van der Waals surface area contributed by atoms with Gasteiger partial charge in [-0.05, 0) is 0 Å². The minimum absolute atomic E-state index is 0.139. The molecule has 1 aromatic heterocycles. The topological polar surface area (TPSA) is 84.7 Å². The van der Waals surface area contributed by atoms with Crippen LogP contribution in [0.2, 0.25) is 0 Å². The van der Waals surface area contributed by atoms with Gasteiger partial charge in [0.2, 0.25) is 10.0 Å². The number of morpholine rings is 1. The van der Waals surface area contributed by atoms with Crippen molar-refractivity contribution in [3.8, 4) is 0 Å². The van der Waals surface area contributed by atoms with Gasteiger partial charge in [-0.15, -0.1) is 0 Å². The van der Waals surface area contributed by atoms with Gasteiger partial charge in [-0.25, -0.2) is 8.42 Å². The van der Waals surface area contributed by atoms with Gasteiger partial charge in [0.1, 0.15) is 4.90 Å². The van der Waals surface area contributed by atoms with Crippen LogP contribution in [0.5, 0.6) is 0 Å². The molecule has 1 aliphatic heterocycles. The lowest BCUT2D eigenvalue weighted by Crippen LogP contribution is -2.50. The molecule has 8 heteroatoms. The van der Waals surface area contributed by atoms with Gasteiger partial charge in [-0.2, -0.15) is 9.40 Å². The fourth-order valence-electron chi connectivity index (χ4n) is 1.77. The minimum atomic E-state index is -3.59. The summed E-state index contributed by atoms with van der Waals surface area (Å²) >= 11 is 0. The molecule has 1 atom stereocenters. The first-order chi connectivity index (χ1) is 8.05. The number of nitrogens with zero attached hydrogens (tertiary/aromatic N) is 3. The van der Waals surface area contributed by atoms with Gasteiger partial charge in [0.05, 0.1) is 32.1 Å². The summed E-state index contributed by atoms with van der Waals surface area (Å²) in [4.78, 5) is 0.139. The summed E-state index contributed by atoms with van der Waals surface area (Å²) in [5.41, 5.74) is 0. The molecule has 1 aliphatic rings. The second-order valence-electron chi connectivity index (χ2n) is 3.88. The van der Waals surface area contributed by atoms with E-state index in [9.17, 15) is 8.42 Å². The Bertz CT molecular complexity index is 484. The summed E-state index contributed by atoms with van der Waals surface area (Å²) in [6.07, 6.45) is 2.75. The number of hydrogen-bond acceptors (Lipinski definition) is 5. The molecule has 96 valence electrons. The van der Waals surface area contributed by atoms with Crippen molar-refractivity contribution in [3.63, 3.8) is 0 Å². The van der Waals surface area contributed by atoms with Crippen LogP contribution >= 0.6 is 0 Å². The maximum atomic E-state index is 12.3. The number of ether oxygens (including phenoxy) is 1. The number of hydrogen-bond donors (Lipinski definition) is 1. The summed E-state index contributed by atoms with van der Waals surface area (Å²) in [7, 11) is -1.94. The molecule has 1 fully saturated rings. The first-order valence-electron chi connectivity index (χ1n) is 5.25. The van der Waals surface area contributed by atoms with Crippen LogP contribution in [0.25, 0.3) is 0 Å². The van der Waals surface area contributed by atoms with Crippen molar-refractivity contribution in [1.29, 1.82) is 0 Å². The third-order valence-corrected chi connectivity index (χ3v) is 4.58. The van der Waals surface area contributed by atoms with Crippen LogP contribution in [0.15, 0.2) is 17.3 Å². The quantitative estimate of drug-likeness (QED) is 0.739. The molecule has 7 nitrogen and oxygen atoms in total. The fraction of sp³-hybridized carbons (Fsp3) is 0.667. The fourth-order valence-corrected chi connectivity index (χ4v) is 3.34. The molecule has 17 heavy (non-hydrogen) atoms. The minimum Gasteiger partial charge on any atom is -0.395 e. The zero-order valence-corrected chi connectivity index (χ0v) is 10.3. The lowest BCUT2D eigenvalue weighted by Gasteiger charge is -2.32. The molecule has 0 spiro atoms. The van der Waals surface area contributed by atoms with Gasteiger partial charge in [-0.3, -0.25) is 4.68 Å². The predicted molar refractivity (Wildman–Crippen MR) is 58.8 cm³/mol. The molecular weight excluding hydrogens is 246 g/mol. The van der Waals surface area contributed by atoms with Gasteiger partial charge in [0, 0.05) is 19.8 Å². The Hall–Kier alpha value is -0.960. The van der Waals surface area contributed by atoms with E-state index in [0.29, 0.717) is 6.61 Å². The van der Waals surface area contributed by atoms with Crippen LogP contribution in [-0.2, 0) is 21.8 Å². The maximum absolute atomic E-state index is 12.3. The Morgan fingerprint density at radius 2 is 2.41 bits per heavy atom. The number of rotatable bonds is 3. The number of sulfonamides is 1. The van der Waals surface area contributed by atoms with Crippen molar-refractivity contribution in [2.45, 2.75) is 10.9 Å². The number of aliphatic hydroxyl groups excluding tert-OH is 1. The summed E-state index contributed by atoms with van der Waals surface area (Å²) < 4.78 is 32.4. The highest BCUT2D eigenvalue weighted by Crippen LogP contribution is 2.19. The van der Waals surface area contributed by atoms with Gasteiger partial charge in [0.25, 0.3) is 0 Å². The van der Waals surface area contributed by atoms with Crippen molar-refractivity contribution in [2.24, 2.45) is 7.05 Å². The zero-order chi connectivity index (χ0) is 12.5. The molecule has 2 heterocycles. The Morgan fingerprint density at radius 3 is 3.00 bits per heavy atom. The van der Waals surface area contributed by atoms with Crippen LogP contribution in [-0.4, -0.2) is 60.0 Å². The van der Waals surface area contributed by atoms with Gasteiger partial charge >= 0.3 is 0 Å². The average Bonchev–Trinajstić information content (AvgIpc) is 2.76. The summed E-state index contributed by atoms with van der Waals surface area (Å²) in [5, 5.41) is 13.0. The third-order valence-electron chi connectivity index (χ3n) is 2.67. The highest BCUT2D eigenvalue weighted by Gasteiger charge is 2.34. The van der Waals surface area contributed by atoms with E-state index >= 15 is 0 Å². The van der Waals surface area contributed by atoms with Crippen molar-refractivity contribution in [3.05, 3.63) is 12.4 Å². The normalized spacial score (nSPS) is 22.8. The zero-order valence-electron chi connectivity index (χ0n) is 9.48. The van der Waals surface area contributed by atoms with Crippen molar-refractivity contribution < 1.29 is 18.3 Å². The van der Waals surface area contributed by atoms with E-state index in [1.165, 1.54) is 21.4 Å². The summed E-state index contributed by atoms with van der Waals surface area (Å²) in [6.45, 7) is 0.563. The average molecular weight is 261 g/mol. The molecule has 1 aromatic rings. The van der Waals surface area contributed by atoms with Crippen molar-refractivity contribution >= 4 is 10.0 Å². The number of aryl methyl sites for hydroxylation is 1. The van der Waals surface area contributed by atoms with Crippen LogP contribution in [0.3, 0.4) is 0 Å². The van der Waals surface area contributed by atoms with Gasteiger partial charge in [-0.1, -0.05) is 0 Å². The first-order valence-corrected chi connectivity index (χ1v) is 6.69. The smallest absolute Gasteiger partial charge is 0.246 e. The summed E-state index contributed by atoms with van der Waals surface area (Å²) in [5.74, 6) is 0. The molecule has 0 saturated carbocycles. The number of aromatic nitrogens is 2. The molecule has 0 aromatic carbocycles. The highest BCUT2D eigenvalue weighted by atomic mass is 32.2. The van der Waals surface area contributed by atoms with Gasteiger partial charge < -0.3 is 9.84 Å². The molecule has 0 amide bonds. The standard InChI is InChI=1S/C9H15N3O4S/c1-11-5-9(4-10-11)17(14,15)12-2-3-16-7-8(12)6-13/h4-5,8,13H,2-3,6-7H2,1H3. The van der Waals surface area contributed by atoms with E-state index in [2.05, 4.69) is 5.10 Å². The third kappa shape index (κ3) is 2.34. The Balaban J connectivity index is 2.30. The lowest BCUT2D eigenvalue weighted by molar-refractivity contribution is 0.0109. The molecule has 0 bridgehead atoms. The highest BCUT2D eigenvalue weighted by molar-refractivity contribution is 7.89. The van der Waals surface area contributed by atoms with E-state index in [1.807, 2.05) is 0 Å². The molecule has 1 unspecified atom stereocenters. The van der Waals surface area contributed by atoms with E-state index in [1.54, 1.807) is 7.05 Å². The van der Waals surface area contributed by atoms with Crippen molar-refractivity contribution in [1.82, 2.24) is 14.1 Å². The maximum Gasteiger partial charge on any atom is 0.246 e. The molecule has 0 radical (unpaired) electrons. The monoisotopic (exact) mass is 261 g/mol. The van der Waals surface area contributed by atoms with Crippen LogP contribution in [0, 0.1) is 0 Å². The van der Waals surface area contributed by atoms with E-state index < -0.39 is 16.1 Å². The largest absolute Gasteiger partial charge is 0.395 e. The molecule has 2 rings (SSSR count). The molecule has 1 saturated heterocycles. The Morgan fingerprint density at radius 1 is 1.65 bits per heavy atom. The second-order valence-corrected chi connectivity index (χ2v) is 5.77.